The molecule has 0 amide bonds. The second-order valence-electron chi connectivity index (χ2n) is 3.40. The quantitative estimate of drug-likeness (QED) is 0.776. The molecule has 1 aromatic rings. The molecule has 0 aromatic heterocycles. The number of nitrogens with two attached hydrogens (primary N) is 1. The molecule has 0 spiro atoms. The molecule has 0 unspecified atom stereocenters. The number of hydrogen-bond acceptors (Lipinski definition) is 2. The summed E-state index contributed by atoms with van der Waals surface area (Å²) in [5.74, 6) is -0.332. The molecule has 0 radical (unpaired) electrons. The van der Waals surface area contributed by atoms with Gasteiger partial charge < -0.3 is 10.8 Å². The van der Waals surface area contributed by atoms with Crippen LogP contribution >= 0.6 is 0 Å². The maximum Gasteiger partial charge on any atom is 0.123 e. The predicted octanol–water partition coefficient (Wildman–Crippen LogP) is 2.12. The number of benzene rings is 1. The van der Waals surface area contributed by atoms with Crippen LogP contribution in [-0.4, -0.2) is 5.11 Å². The third-order valence-electron chi connectivity index (χ3n) is 2.27. The molecule has 1 aromatic carbocycles. The Balaban J connectivity index is 2.95. The van der Waals surface area contributed by atoms with Crippen LogP contribution in [0.5, 0.6) is 0 Å². The van der Waals surface area contributed by atoms with Crippen LogP contribution in [0.1, 0.15) is 36.9 Å². The highest BCUT2D eigenvalue weighted by atomic mass is 19.1. The summed E-state index contributed by atoms with van der Waals surface area (Å²) in [6.07, 6.45) is 1.82. The van der Waals surface area contributed by atoms with Gasteiger partial charge in [-0.3, -0.25) is 0 Å². The number of aliphatic hydroxyl groups excluding tert-OH is 1. The number of aliphatic hydroxyl groups is 1. The Hall–Kier alpha value is -0.930. The molecule has 3 N–H and O–H groups in total. The molecule has 2 nitrogen and oxygen atoms in total. The molecule has 0 fully saturated rings. The maximum absolute atomic E-state index is 12.8. The molecule has 78 valence electrons. The molecule has 14 heavy (non-hydrogen) atoms. The zero-order valence-electron chi connectivity index (χ0n) is 8.33. The Labute approximate surface area is 83.6 Å². The normalized spacial score (nSPS) is 12.9. The second kappa shape index (κ2) is 5.08. The van der Waals surface area contributed by atoms with Crippen molar-refractivity contribution in [1.29, 1.82) is 0 Å². The average Bonchev–Trinajstić information content (AvgIpc) is 2.17. The summed E-state index contributed by atoms with van der Waals surface area (Å²) in [4.78, 5) is 0. The third kappa shape index (κ3) is 2.53. The van der Waals surface area contributed by atoms with Gasteiger partial charge in [-0.05, 0) is 29.7 Å². The summed E-state index contributed by atoms with van der Waals surface area (Å²) in [5.41, 5.74) is 7.33. The minimum Gasteiger partial charge on any atom is -0.392 e. The van der Waals surface area contributed by atoms with Gasteiger partial charge in [-0.15, -0.1) is 0 Å². The Morgan fingerprint density at radius 2 is 2.21 bits per heavy atom. The van der Waals surface area contributed by atoms with Gasteiger partial charge in [-0.25, -0.2) is 4.39 Å². The molecule has 1 rings (SSSR count). The second-order valence-corrected chi connectivity index (χ2v) is 3.40. The van der Waals surface area contributed by atoms with E-state index in [1.54, 1.807) is 6.07 Å². The first-order valence-corrected chi connectivity index (χ1v) is 4.83. The summed E-state index contributed by atoms with van der Waals surface area (Å²) in [5, 5.41) is 9.04. The Kier molecular flexibility index (Phi) is 4.04. The van der Waals surface area contributed by atoms with Gasteiger partial charge in [0, 0.05) is 6.04 Å². The van der Waals surface area contributed by atoms with Gasteiger partial charge in [0.25, 0.3) is 0 Å². The minimum atomic E-state index is -0.332. The fourth-order valence-corrected chi connectivity index (χ4v) is 1.54. The lowest BCUT2D eigenvalue weighted by Gasteiger charge is -2.14. The van der Waals surface area contributed by atoms with Crippen LogP contribution in [0, 0.1) is 5.82 Å². The van der Waals surface area contributed by atoms with Gasteiger partial charge >= 0.3 is 0 Å². The van der Waals surface area contributed by atoms with E-state index in [0.29, 0.717) is 5.56 Å². The number of hydrogen-bond donors (Lipinski definition) is 2. The van der Waals surface area contributed by atoms with Gasteiger partial charge in [0.05, 0.1) is 6.61 Å². The smallest absolute Gasteiger partial charge is 0.123 e. The van der Waals surface area contributed by atoms with Crippen molar-refractivity contribution in [2.45, 2.75) is 32.4 Å². The molecule has 3 heteroatoms. The fourth-order valence-electron chi connectivity index (χ4n) is 1.54. The molecule has 0 saturated heterocycles. The Bertz CT molecular complexity index is 301. The first-order chi connectivity index (χ1) is 6.69. The molecule has 0 saturated carbocycles. The van der Waals surface area contributed by atoms with E-state index in [9.17, 15) is 4.39 Å². The minimum absolute atomic E-state index is 0.109. The van der Waals surface area contributed by atoms with Crippen LogP contribution in [0.3, 0.4) is 0 Å². The van der Waals surface area contributed by atoms with Gasteiger partial charge in [0.15, 0.2) is 0 Å². The van der Waals surface area contributed by atoms with Crippen molar-refractivity contribution < 1.29 is 9.50 Å². The SMILES string of the molecule is CCC[C@@H](N)c1ccc(F)cc1CO. The van der Waals surface area contributed by atoms with Gasteiger partial charge in [-0.2, -0.15) is 0 Å². The average molecular weight is 197 g/mol. The standard InChI is InChI=1S/C11H16FNO/c1-2-3-11(13)10-5-4-9(12)6-8(10)7-14/h4-6,11,14H,2-3,7,13H2,1H3/t11-/m1/s1. The van der Waals surface area contributed by atoms with E-state index in [2.05, 4.69) is 0 Å². The summed E-state index contributed by atoms with van der Waals surface area (Å²) in [6, 6.07) is 4.26. The monoisotopic (exact) mass is 197 g/mol. The zero-order valence-corrected chi connectivity index (χ0v) is 8.33. The van der Waals surface area contributed by atoms with Crippen LogP contribution in [-0.2, 0) is 6.61 Å². The highest BCUT2D eigenvalue weighted by molar-refractivity contribution is 5.29. The van der Waals surface area contributed by atoms with Crippen molar-refractivity contribution in [3.63, 3.8) is 0 Å². The molecular formula is C11H16FNO. The Morgan fingerprint density at radius 3 is 2.79 bits per heavy atom. The van der Waals surface area contributed by atoms with E-state index >= 15 is 0 Å². The largest absolute Gasteiger partial charge is 0.392 e. The third-order valence-corrected chi connectivity index (χ3v) is 2.27. The lowest BCUT2D eigenvalue weighted by Crippen LogP contribution is -2.12. The first-order valence-electron chi connectivity index (χ1n) is 4.83. The Morgan fingerprint density at radius 1 is 1.50 bits per heavy atom. The van der Waals surface area contributed by atoms with Crippen LogP contribution in [0.25, 0.3) is 0 Å². The summed E-state index contributed by atoms with van der Waals surface area (Å²) >= 11 is 0. The van der Waals surface area contributed by atoms with Crippen molar-refractivity contribution >= 4 is 0 Å². The number of rotatable bonds is 4. The maximum atomic E-state index is 12.8. The summed E-state index contributed by atoms with van der Waals surface area (Å²) in [7, 11) is 0. The van der Waals surface area contributed by atoms with E-state index in [-0.39, 0.29) is 18.5 Å². The molecule has 0 bridgehead atoms. The first kappa shape index (κ1) is 11.1. The van der Waals surface area contributed by atoms with E-state index in [4.69, 9.17) is 10.8 Å². The van der Waals surface area contributed by atoms with E-state index in [1.807, 2.05) is 6.92 Å². The van der Waals surface area contributed by atoms with Gasteiger partial charge in [-0.1, -0.05) is 19.4 Å². The fraction of sp³-hybridized carbons (Fsp3) is 0.455. The van der Waals surface area contributed by atoms with Gasteiger partial charge in [0.2, 0.25) is 0 Å². The summed E-state index contributed by atoms with van der Waals surface area (Å²) in [6.45, 7) is 1.88. The van der Waals surface area contributed by atoms with E-state index in [0.717, 1.165) is 18.4 Å². The zero-order chi connectivity index (χ0) is 10.6. The van der Waals surface area contributed by atoms with Crippen molar-refractivity contribution in [3.8, 4) is 0 Å². The van der Waals surface area contributed by atoms with Crippen LogP contribution in [0.15, 0.2) is 18.2 Å². The van der Waals surface area contributed by atoms with Crippen molar-refractivity contribution in [2.75, 3.05) is 0 Å². The predicted molar refractivity (Wildman–Crippen MR) is 54.2 cm³/mol. The van der Waals surface area contributed by atoms with Crippen LogP contribution < -0.4 is 5.73 Å². The molecule has 0 aliphatic carbocycles. The lowest BCUT2D eigenvalue weighted by molar-refractivity contribution is 0.279. The lowest BCUT2D eigenvalue weighted by atomic mass is 9.98. The molecule has 0 aliphatic heterocycles. The van der Waals surface area contributed by atoms with Crippen LogP contribution in [0.2, 0.25) is 0 Å². The number of halogens is 1. The highest BCUT2D eigenvalue weighted by Crippen LogP contribution is 2.21. The topological polar surface area (TPSA) is 46.2 Å². The summed E-state index contributed by atoms with van der Waals surface area (Å²) < 4.78 is 12.8. The van der Waals surface area contributed by atoms with Crippen molar-refractivity contribution in [1.82, 2.24) is 0 Å². The van der Waals surface area contributed by atoms with E-state index in [1.165, 1.54) is 12.1 Å². The van der Waals surface area contributed by atoms with Crippen molar-refractivity contribution in [3.05, 3.63) is 35.1 Å². The molecule has 1 atom stereocenters. The van der Waals surface area contributed by atoms with Crippen LogP contribution in [0.4, 0.5) is 4.39 Å². The highest BCUT2D eigenvalue weighted by Gasteiger charge is 2.10. The molecule has 0 aliphatic rings. The molecule has 0 heterocycles. The molecular weight excluding hydrogens is 181 g/mol. The van der Waals surface area contributed by atoms with Crippen molar-refractivity contribution in [2.24, 2.45) is 5.73 Å². The van der Waals surface area contributed by atoms with Gasteiger partial charge in [0.1, 0.15) is 5.82 Å². The van der Waals surface area contributed by atoms with E-state index < -0.39 is 0 Å².